The average Bonchev–Trinajstić information content (AvgIpc) is 3.33. The molecule has 1 unspecified atom stereocenters. The van der Waals surface area contributed by atoms with E-state index in [1.54, 1.807) is 6.20 Å². The maximum absolute atomic E-state index is 12.5. The summed E-state index contributed by atoms with van der Waals surface area (Å²) in [5.74, 6) is 1.09. The number of aromatic amines is 1. The minimum atomic E-state index is -0.454. The maximum atomic E-state index is 12.5. The van der Waals surface area contributed by atoms with Crippen LogP contribution in [0.2, 0.25) is 5.02 Å². The van der Waals surface area contributed by atoms with Gasteiger partial charge in [-0.3, -0.25) is 0 Å². The van der Waals surface area contributed by atoms with E-state index in [9.17, 15) is 4.79 Å². The topological polar surface area (TPSA) is 95.2 Å². The van der Waals surface area contributed by atoms with Gasteiger partial charge in [-0.05, 0) is 77.8 Å². The van der Waals surface area contributed by atoms with Gasteiger partial charge in [0.25, 0.3) is 0 Å². The molecule has 2 fully saturated rings. The van der Waals surface area contributed by atoms with Crippen LogP contribution >= 0.6 is 11.6 Å². The second kappa shape index (κ2) is 11.5. The number of halogens is 1. The molecular formula is C29H39ClN6O2. The quantitative estimate of drug-likeness (QED) is 0.344. The van der Waals surface area contributed by atoms with E-state index in [0.717, 1.165) is 80.3 Å². The Bertz CT molecular complexity index is 1250. The summed E-state index contributed by atoms with van der Waals surface area (Å²) < 4.78 is 5.57. The summed E-state index contributed by atoms with van der Waals surface area (Å²) >= 11 is 6.50. The highest BCUT2D eigenvalue weighted by Gasteiger charge is 2.29. The zero-order chi connectivity index (χ0) is 26.7. The molecule has 0 spiro atoms. The zero-order valence-corrected chi connectivity index (χ0v) is 23.4. The first-order chi connectivity index (χ1) is 18.2. The number of ether oxygens (including phenoxy) is 1. The van der Waals surface area contributed by atoms with Gasteiger partial charge in [0.2, 0.25) is 5.95 Å². The molecule has 5 rings (SSSR count). The number of piperidine rings is 1. The Morgan fingerprint density at radius 2 is 1.92 bits per heavy atom. The van der Waals surface area contributed by atoms with Crippen molar-refractivity contribution in [1.29, 1.82) is 0 Å². The molecule has 8 nitrogen and oxygen atoms in total. The SMILES string of the molecule is CC(C)(C)OC(=O)N1CCCC(CN[C@H]2CC[C@H](Nc3ncc(Cl)c(-c4c[nH]c5ccccc45)n3)CC2)C1. The second-order valence-corrected chi connectivity index (χ2v) is 12.1. The first-order valence-corrected chi connectivity index (χ1v) is 14.2. The number of hydrogen-bond acceptors (Lipinski definition) is 6. The van der Waals surface area contributed by atoms with E-state index in [4.69, 9.17) is 21.3 Å². The molecule has 0 bridgehead atoms. The van der Waals surface area contributed by atoms with Crippen LogP contribution in [0.25, 0.3) is 22.2 Å². The number of hydrogen-bond donors (Lipinski definition) is 3. The monoisotopic (exact) mass is 538 g/mol. The van der Waals surface area contributed by atoms with Crippen LogP contribution in [0.15, 0.2) is 36.7 Å². The van der Waals surface area contributed by atoms with Crippen LogP contribution in [0.5, 0.6) is 0 Å². The third-order valence-electron chi connectivity index (χ3n) is 7.51. The van der Waals surface area contributed by atoms with Gasteiger partial charge in [-0.1, -0.05) is 29.8 Å². The Morgan fingerprint density at radius 3 is 2.71 bits per heavy atom. The number of amides is 1. The predicted molar refractivity (Wildman–Crippen MR) is 153 cm³/mol. The van der Waals surface area contributed by atoms with Gasteiger partial charge in [0.1, 0.15) is 5.60 Å². The van der Waals surface area contributed by atoms with Crippen molar-refractivity contribution in [2.75, 3.05) is 25.0 Å². The third-order valence-corrected chi connectivity index (χ3v) is 7.79. The van der Waals surface area contributed by atoms with Crippen LogP contribution in [0.3, 0.4) is 0 Å². The van der Waals surface area contributed by atoms with E-state index in [0.29, 0.717) is 29.0 Å². The second-order valence-electron chi connectivity index (χ2n) is 11.7. The lowest BCUT2D eigenvalue weighted by molar-refractivity contribution is 0.0164. The van der Waals surface area contributed by atoms with Crippen molar-refractivity contribution in [1.82, 2.24) is 25.2 Å². The zero-order valence-electron chi connectivity index (χ0n) is 22.6. The molecule has 1 atom stereocenters. The summed E-state index contributed by atoms with van der Waals surface area (Å²) in [6, 6.07) is 8.98. The van der Waals surface area contributed by atoms with Crippen LogP contribution in [0.4, 0.5) is 10.7 Å². The van der Waals surface area contributed by atoms with Crippen molar-refractivity contribution < 1.29 is 9.53 Å². The number of H-pyrrole nitrogens is 1. The third kappa shape index (κ3) is 6.59. The number of benzene rings is 1. The van der Waals surface area contributed by atoms with E-state index in [2.05, 4.69) is 26.7 Å². The van der Waals surface area contributed by atoms with Crippen LogP contribution in [-0.2, 0) is 4.74 Å². The number of likely N-dealkylation sites (tertiary alicyclic amines) is 1. The molecule has 9 heteroatoms. The fourth-order valence-corrected chi connectivity index (χ4v) is 5.77. The molecule has 2 aliphatic rings. The Morgan fingerprint density at radius 1 is 1.16 bits per heavy atom. The van der Waals surface area contributed by atoms with Gasteiger partial charge >= 0.3 is 6.09 Å². The van der Waals surface area contributed by atoms with Crippen molar-refractivity contribution in [2.45, 2.75) is 77.0 Å². The summed E-state index contributed by atoms with van der Waals surface area (Å²) in [4.78, 5) is 26.9. The molecular weight excluding hydrogens is 500 g/mol. The lowest BCUT2D eigenvalue weighted by Crippen LogP contribution is -2.46. The first-order valence-electron chi connectivity index (χ1n) is 13.8. The van der Waals surface area contributed by atoms with Gasteiger partial charge in [0, 0.05) is 47.8 Å². The fourth-order valence-electron chi connectivity index (χ4n) is 5.57. The highest BCUT2D eigenvalue weighted by Crippen LogP contribution is 2.33. The molecule has 1 aromatic carbocycles. The number of aromatic nitrogens is 3. The largest absolute Gasteiger partial charge is 0.444 e. The summed E-state index contributed by atoms with van der Waals surface area (Å²) in [5, 5.41) is 8.96. The van der Waals surface area contributed by atoms with Crippen LogP contribution in [-0.4, -0.2) is 63.3 Å². The molecule has 3 heterocycles. The van der Waals surface area contributed by atoms with Gasteiger partial charge in [-0.25, -0.2) is 14.8 Å². The van der Waals surface area contributed by atoms with Crippen molar-refractivity contribution in [2.24, 2.45) is 5.92 Å². The molecule has 3 aromatic rings. The highest BCUT2D eigenvalue weighted by molar-refractivity contribution is 6.33. The molecule has 1 amide bonds. The number of carbonyl (C=O) groups is 1. The molecule has 38 heavy (non-hydrogen) atoms. The summed E-state index contributed by atoms with van der Waals surface area (Å²) in [6.45, 7) is 8.25. The van der Waals surface area contributed by atoms with Gasteiger partial charge < -0.3 is 25.3 Å². The lowest BCUT2D eigenvalue weighted by atomic mass is 9.90. The molecule has 1 aliphatic carbocycles. The van der Waals surface area contributed by atoms with Gasteiger partial charge in [0.15, 0.2) is 0 Å². The molecule has 1 saturated carbocycles. The minimum Gasteiger partial charge on any atom is -0.444 e. The number of nitrogens with zero attached hydrogens (tertiary/aromatic N) is 3. The smallest absolute Gasteiger partial charge is 0.410 e. The number of nitrogens with one attached hydrogen (secondary N) is 3. The minimum absolute atomic E-state index is 0.189. The predicted octanol–water partition coefficient (Wildman–Crippen LogP) is 6.24. The maximum Gasteiger partial charge on any atom is 0.410 e. The average molecular weight is 539 g/mol. The number of anilines is 1. The van der Waals surface area contributed by atoms with Gasteiger partial charge in [-0.15, -0.1) is 0 Å². The fraction of sp³-hybridized carbons (Fsp3) is 0.552. The summed E-state index contributed by atoms with van der Waals surface area (Å²) in [7, 11) is 0. The van der Waals surface area contributed by atoms with E-state index >= 15 is 0 Å². The normalized spacial score (nSPS) is 22.4. The molecule has 1 aliphatic heterocycles. The molecule has 1 saturated heterocycles. The Balaban J connectivity index is 1.10. The van der Waals surface area contributed by atoms with Crippen LogP contribution in [0, 0.1) is 5.92 Å². The molecule has 3 N–H and O–H groups in total. The van der Waals surface area contributed by atoms with Crippen molar-refractivity contribution >= 4 is 34.5 Å². The van der Waals surface area contributed by atoms with Gasteiger partial charge in [0.05, 0.1) is 16.9 Å². The Hall–Kier alpha value is -2.84. The van der Waals surface area contributed by atoms with E-state index in [-0.39, 0.29) is 6.09 Å². The first kappa shape index (κ1) is 26.8. The van der Waals surface area contributed by atoms with E-state index in [1.165, 1.54) is 0 Å². The Kier molecular flexibility index (Phi) is 8.09. The molecule has 0 radical (unpaired) electrons. The standard InChI is InChI=1S/C29H39ClN6O2/c1-29(2,3)38-28(37)36-14-6-7-19(18-36)15-31-20-10-12-21(13-11-20)34-27-33-17-24(30)26(35-27)23-16-32-25-9-5-4-8-22(23)25/h4-5,8-9,16-17,19-21,31-32H,6-7,10-15,18H2,1-3H3,(H,33,34,35)/t19?,20-,21-. The van der Waals surface area contributed by atoms with E-state index in [1.807, 2.05) is 50.1 Å². The highest BCUT2D eigenvalue weighted by atomic mass is 35.5. The van der Waals surface area contributed by atoms with Crippen molar-refractivity contribution in [3.05, 3.63) is 41.7 Å². The molecule has 2 aromatic heterocycles. The van der Waals surface area contributed by atoms with Crippen LogP contribution in [0.1, 0.15) is 59.3 Å². The summed E-state index contributed by atoms with van der Waals surface area (Å²) in [5.41, 5.74) is 2.33. The van der Waals surface area contributed by atoms with Crippen molar-refractivity contribution in [3.8, 4) is 11.3 Å². The number of fused-ring (bicyclic) bond motifs is 1. The van der Waals surface area contributed by atoms with Gasteiger partial charge in [-0.2, -0.15) is 0 Å². The van der Waals surface area contributed by atoms with Crippen LogP contribution < -0.4 is 10.6 Å². The molecule has 204 valence electrons. The Labute approximate surface area is 229 Å². The summed E-state index contributed by atoms with van der Waals surface area (Å²) in [6.07, 6.45) is 9.95. The van der Waals surface area contributed by atoms with Crippen molar-refractivity contribution in [3.63, 3.8) is 0 Å². The number of rotatable bonds is 6. The van der Waals surface area contributed by atoms with E-state index < -0.39 is 5.60 Å². The lowest BCUT2D eigenvalue weighted by Gasteiger charge is -2.36. The number of para-hydroxylation sites is 1. The number of carbonyl (C=O) groups excluding carboxylic acids is 1.